The molecule has 37 heavy (non-hydrogen) atoms. The van der Waals surface area contributed by atoms with Gasteiger partial charge in [-0.15, -0.1) is 0 Å². The molecule has 1 heterocycles. The van der Waals surface area contributed by atoms with Gasteiger partial charge in [-0.3, -0.25) is 9.59 Å². The Morgan fingerprint density at radius 3 is 2.22 bits per heavy atom. The number of carbonyl (C=O) groups excluding carboxylic acids is 3. The molecule has 3 aromatic carbocycles. The molecule has 1 fully saturated rings. The van der Waals surface area contributed by atoms with E-state index in [0.717, 1.165) is 0 Å². The number of aliphatic hydroxyl groups is 1. The third-order valence-electron chi connectivity index (χ3n) is 6.12. The number of aliphatic hydroxyl groups excluding tert-OH is 1. The van der Waals surface area contributed by atoms with Gasteiger partial charge in [-0.1, -0.05) is 24.3 Å². The number of carbonyl (C=O) groups is 3. The van der Waals surface area contributed by atoms with Crippen LogP contribution in [0.4, 0.5) is 0 Å². The van der Waals surface area contributed by atoms with Gasteiger partial charge < -0.3 is 24.2 Å². The molecule has 8 heteroatoms. The van der Waals surface area contributed by atoms with Gasteiger partial charge >= 0.3 is 5.97 Å². The Labute approximate surface area is 214 Å². The van der Waals surface area contributed by atoms with Crippen LogP contribution in [-0.4, -0.2) is 48.5 Å². The molecule has 1 N–H and O–H groups in total. The summed E-state index contributed by atoms with van der Waals surface area (Å²) in [6.07, 6.45) is 0. The van der Waals surface area contributed by atoms with Gasteiger partial charge in [0.2, 0.25) is 0 Å². The highest BCUT2D eigenvalue weighted by molar-refractivity contribution is 6.46. The first-order valence-corrected chi connectivity index (χ1v) is 11.7. The van der Waals surface area contributed by atoms with Gasteiger partial charge in [-0.2, -0.15) is 0 Å². The van der Waals surface area contributed by atoms with Gasteiger partial charge in [-0.05, 0) is 66.6 Å². The second kappa shape index (κ2) is 11.0. The van der Waals surface area contributed by atoms with Crippen molar-refractivity contribution in [2.75, 3.05) is 20.8 Å². The summed E-state index contributed by atoms with van der Waals surface area (Å²) >= 11 is 0. The fourth-order valence-electron chi connectivity index (χ4n) is 4.29. The molecule has 1 amide bonds. The third-order valence-corrected chi connectivity index (χ3v) is 6.12. The summed E-state index contributed by atoms with van der Waals surface area (Å²) in [6, 6.07) is 19.4. The fraction of sp³-hybridized carbons (Fsp3) is 0.207. The lowest BCUT2D eigenvalue weighted by Gasteiger charge is -2.26. The van der Waals surface area contributed by atoms with Crippen molar-refractivity contribution in [2.24, 2.45) is 0 Å². The number of nitrogens with zero attached hydrogens (tertiary/aromatic N) is 1. The van der Waals surface area contributed by atoms with Crippen LogP contribution in [0.25, 0.3) is 5.76 Å². The van der Waals surface area contributed by atoms with Gasteiger partial charge in [-0.25, -0.2) is 4.79 Å². The summed E-state index contributed by atoms with van der Waals surface area (Å²) in [5, 5.41) is 11.3. The summed E-state index contributed by atoms with van der Waals surface area (Å²) in [7, 11) is 2.83. The molecule has 190 valence electrons. The molecular formula is C29H27NO7. The summed E-state index contributed by atoms with van der Waals surface area (Å²) in [6.45, 7) is 2.44. The van der Waals surface area contributed by atoms with Crippen LogP contribution in [0, 0.1) is 0 Å². The molecule has 1 aliphatic rings. The molecular weight excluding hydrogens is 474 g/mol. The van der Waals surface area contributed by atoms with E-state index in [1.165, 1.54) is 19.1 Å². The van der Waals surface area contributed by atoms with Crippen molar-refractivity contribution in [3.05, 3.63) is 101 Å². The van der Waals surface area contributed by atoms with E-state index in [9.17, 15) is 19.5 Å². The number of amides is 1. The zero-order chi connectivity index (χ0) is 26.5. The molecule has 1 atom stereocenters. The van der Waals surface area contributed by atoms with Crippen molar-refractivity contribution in [1.29, 1.82) is 0 Å². The molecule has 8 nitrogen and oxygen atoms in total. The average Bonchev–Trinajstić information content (AvgIpc) is 3.18. The number of methoxy groups -OCH3 is 2. The molecule has 1 saturated heterocycles. The van der Waals surface area contributed by atoms with E-state index in [1.54, 1.807) is 72.8 Å². The molecule has 0 aromatic heterocycles. The van der Waals surface area contributed by atoms with Gasteiger partial charge in [0.1, 0.15) is 17.3 Å². The molecule has 0 aliphatic carbocycles. The molecule has 0 radical (unpaired) electrons. The van der Waals surface area contributed by atoms with Crippen LogP contribution in [-0.2, 0) is 20.9 Å². The van der Waals surface area contributed by atoms with Crippen LogP contribution >= 0.6 is 0 Å². The van der Waals surface area contributed by atoms with E-state index < -0.39 is 23.7 Å². The second-order valence-electron chi connectivity index (χ2n) is 8.35. The van der Waals surface area contributed by atoms with Crippen LogP contribution in [0.15, 0.2) is 78.4 Å². The SMILES string of the molecule is CCOc1ccc(/C(O)=C2\C(=O)C(=O)N(Cc3ccc(C(=O)OC)cc3)C2c2cccc(OC)c2)cc1. The number of ether oxygens (including phenoxy) is 3. The Bertz CT molecular complexity index is 1340. The topological polar surface area (TPSA) is 102 Å². The maximum absolute atomic E-state index is 13.3. The highest BCUT2D eigenvalue weighted by atomic mass is 16.5. The van der Waals surface area contributed by atoms with Crippen LogP contribution in [0.5, 0.6) is 11.5 Å². The first-order chi connectivity index (χ1) is 17.9. The summed E-state index contributed by atoms with van der Waals surface area (Å²) in [5.41, 5.74) is 2.04. The minimum atomic E-state index is -0.859. The van der Waals surface area contributed by atoms with Crippen molar-refractivity contribution in [3.8, 4) is 11.5 Å². The first-order valence-electron chi connectivity index (χ1n) is 11.7. The van der Waals surface area contributed by atoms with E-state index >= 15 is 0 Å². The Hall–Kier alpha value is -4.59. The number of esters is 1. The number of hydrogen-bond donors (Lipinski definition) is 1. The third kappa shape index (κ3) is 5.18. The predicted molar refractivity (Wildman–Crippen MR) is 136 cm³/mol. The normalized spacial score (nSPS) is 16.5. The van der Waals surface area contributed by atoms with Crippen molar-refractivity contribution < 1.29 is 33.7 Å². The molecule has 4 rings (SSSR count). The van der Waals surface area contributed by atoms with Gasteiger partial charge in [0, 0.05) is 12.1 Å². The smallest absolute Gasteiger partial charge is 0.337 e. The number of Topliss-reactive ketones (excluding diaryl/α,β-unsaturated/α-hetero) is 1. The number of benzene rings is 3. The van der Waals surface area contributed by atoms with Gasteiger partial charge in [0.05, 0.1) is 38.0 Å². The maximum Gasteiger partial charge on any atom is 0.337 e. The Morgan fingerprint density at radius 2 is 1.59 bits per heavy atom. The van der Waals surface area contributed by atoms with Crippen molar-refractivity contribution >= 4 is 23.4 Å². The summed E-state index contributed by atoms with van der Waals surface area (Å²) < 4.78 is 15.6. The fourth-order valence-corrected chi connectivity index (χ4v) is 4.29. The number of ketones is 1. The van der Waals surface area contributed by atoms with Crippen molar-refractivity contribution in [3.63, 3.8) is 0 Å². The van der Waals surface area contributed by atoms with E-state index in [0.29, 0.717) is 40.4 Å². The summed E-state index contributed by atoms with van der Waals surface area (Å²) in [5.74, 6) is -1.11. The lowest BCUT2D eigenvalue weighted by molar-refractivity contribution is -0.140. The quantitative estimate of drug-likeness (QED) is 0.210. The summed E-state index contributed by atoms with van der Waals surface area (Å²) in [4.78, 5) is 39.7. The number of hydrogen-bond acceptors (Lipinski definition) is 7. The zero-order valence-electron chi connectivity index (χ0n) is 20.8. The molecule has 0 spiro atoms. The Morgan fingerprint density at radius 1 is 0.919 bits per heavy atom. The molecule has 3 aromatic rings. The zero-order valence-corrected chi connectivity index (χ0v) is 20.8. The predicted octanol–water partition coefficient (Wildman–Crippen LogP) is 4.50. The van der Waals surface area contributed by atoms with E-state index in [1.807, 2.05) is 6.92 Å². The molecule has 0 saturated carbocycles. The van der Waals surface area contributed by atoms with Crippen molar-refractivity contribution in [2.45, 2.75) is 19.5 Å². The highest BCUT2D eigenvalue weighted by Crippen LogP contribution is 2.41. The lowest BCUT2D eigenvalue weighted by atomic mass is 9.95. The number of rotatable bonds is 8. The molecule has 0 bridgehead atoms. The van der Waals surface area contributed by atoms with Gasteiger partial charge in [0.25, 0.3) is 11.7 Å². The standard InChI is InChI=1S/C29H27NO7/c1-4-37-22-14-12-19(13-15-22)26(31)24-25(21-6-5-7-23(16-21)35-2)30(28(33)27(24)32)17-18-8-10-20(11-9-18)29(34)36-3/h5-16,25,31H,4,17H2,1-3H3/b26-24+. The highest BCUT2D eigenvalue weighted by Gasteiger charge is 2.46. The lowest BCUT2D eigenvalue weighted by Crippen LogP contribution is -2.29. The molecule has 1 aliphatic heterocycles. The van der Waals surface area contributed by atoms with E-state index in [-0.39, 0.29) is 17.9 Å². The van der Waals surface area contributed by atoms with Crippen LogP contribution in [0.2, 0.25) is 0 Å². The Kier molecular flexibility index (Phi) is 7.57. The van der Waals surface area contributed by atoms with Crippen molar-refractivity contribution in [1.82, 2.24) is 4.90 Å². The monoisotopic (exact) mass is 501 g/mol. The Balaban J connectivity index is 1.78. The largest absolute Gasteiger partial charge is 0.507 e. The maximum atomic E-state index is 13.3. The minimum Gasteiger partial charge on any atom is -0.507 e. The second-order valence-corrected chi connectivity index (χ2v) is 8.35. The van der Waals surface area contributed by atoms with Crippen LogP contribution in [0.1, 0.15) is 40.0 Å². The van der Waals surface area contributed by atoms with Crippen LogP contribution < -0.4 is 9.47 Å². The number of likely N-dealkylation sites (tertiary alicyclic amines) is 1. The first kappa shape index (κ1) is 25.5. The molecule has 1 unspecified atom stereocenters. The van der Waals surface area contributed by atoms with E-state index in [2.05, 4.69) is 0 Å². The van der Waals surface area contributed by atoms with E-state index in [4.69, 9.17) is 14.2 Å². The minimum absolute atomic E-state index is 0.0198. The average molecular weight is 502 g/mol. The van der Waals surface area contributed by atoms with Crippen LogP contribution in [0.3, 0.4) is 0 Å². The van der Waals surface area contributed by atoms with Gasteiger partial charge in [0.15, 0.2) is 0 Å².